The van der Waals surface area contributed by atoms with Gasteiger partial charge in [-0.2, -0.15) is 0 Å². The molecule has 1 aromatic rings. The van der Waals surface area contributed by atoms with Gasteiger partial charge < -0.3 is 10.2 Å². The Hall–Kier alpha value is -1.35. The lowest BCUT2D eigenvalue weighted by molar-refractivity contribution is -0.118. The first-order valence-electron chi connectivity index (χ1n) is 6.42. The van der Waals surface area contributed by atoms with Gasteiger partial charge in [0.15, 0.2) is 0 Å². The van der Waals surface area contributed by atoms with E-state index in [0.29, 0.717) is 6.54 Å². The Labute approximate surface area is 103 Å². The van der Waals surface area contributed by atoms with Crippen LogP contribution in [-0.2, 0) is 11.2 Å². The van der Waals surface area contributed by atoms with Crippen molar-refractivity contribution >= 4 is 11.6 Å². The first-order valence-corrected chi connectivity index (χ1v) is 6.42. The van der Waals surface area contributed by atoms with E-state index < -0.39 is 0 Å². The number of nitrogens with zero attached hydrogens (tertiary/aromatic N) is 1. The van der Waals surface area contributed by atoms with Gasteiger partial charge in [0.05, 0.1) is 6.54 Å². The summed E-state index contributed by atoms with van der Waals surface area (Å²) in [6, 6.07) is 8.20. The monoisotopic (exact) mass is 232 g/mol. The zero-order valence-corrected chi connectivity index (χ0v) is 10.4. The third kappa shape index (κ3) is 2.86. The van der Waals surface area contributed by atoms with Crippen LogP contribution in [0.2, 0.25) is 0 Å². The average molecular weight is 232 g/mol. The smallest absolute Gasteiger partial charge is 0.240 e. The number of aryl methyl sites for hydroxylation is 1. The first-order chi connectivity index (χ1) is 8.33. The molecule has 3 nitrogen and oxygen atoms in total. The first kappa shape index (κ1) is 12.1. The summed E-state index contributed by atoms with van der Waals surface area (Å²) in [6.45, 7) is 4.39. The Kier molecular flexibility index (Phi) is 4.15. The molecule has 1 fully saturated rings. The molecule has 0 unspecified atom stereocenters. The summed E-state index contributed by atoms with van der Waals surface area (Å²) < 4.78 is 0. The molecule has 0 atom stereocenters. The van der Waals surface area contributed by atoms with Crippen LogP contribution < -0.4 is 10.2 Å². The number of carbonyl (C=O) groups excluding carboxylic acids is 1. The fourth-order valence-corrected chi connectivity index (χ4v) is 2.26. The van der Waals surface area contributed by atoms with Crippen molar-refractivity contribution in [2.45, 2.75) is 26.2 Å². The molecule has 0 aromatic heterocycles. The summed E-state index contributed by atoms with van der Waals surface area (Å²) in [6.07, 6.45) is 3.17. The summed E-state index contributed by atoms with van der Waals surface area (Å²) in [5.74, 6) is 0.186. The van der Waals surface area contributed by atoms with Gasteiger partial charge in [0, 0.05) is 12.2 Å². The number of nitrogens with one attached hydrogen (secondary N) is 1. The van der Waals surface area contributed by atoms with Crippen LogP contribution in [0, 0.1) is 0 Å². The molecule has 1 aliphatic rings. The maximum atomic E-state index is 12.1. The van der Waals surface area contributed by atoms with Gasteiger partial charge in [0.1, 0.15) is 0 Å². The van der Waals surface area contributed by atoms with Crippen molar-refractivity contribution in [2.24, 2.45) is 0 Å². The Morgan fingerprint density at radius 1 is 1.29 bits per heavy atom. The fraction of sp³-hybridized carbons (Fsp3) is 0.500. The molecule has 0 radical (unpaired) electrons. The third-order valence-electron chi connectivity index (χ3n) is 3.23. The molecule has 0 bridgehead atoms. The Balaban J connectivity index is 2.25. The lowest BCUT2D eigenvalue weighted by Crippen LogP contribution is -2.41. The van der Waals surface area contributed by atoms with Gasteiger partial charge in [-0.05, 0) is 37.4 Å². The van der Waals surface area contributed by atoms with Crippen molar-refractivity contribution in [3.05, 3.63) is 29.8 Å². The lowest BCUT2D eigenvalue weighted by atomic mass is 10.1. The summed E-state index contributed by atoms with van der Waals surface area (Å²) in [5, 5.41) is 3.18. The lowest BCUT2D eigenvalue weighted by Gasteiger charge is -2.27. The quantitative estimate of drug-likeness (QED) is 0.845. The molecule has 0 saturated carbocycles. The van der Waals surface area contributed by atoms with Crippen LogP contribution in [0.1, 0.15) is 25.3 Å². The van der Waals surface area contributed by atoms with E-state index in [1.807, 2.05) is 17.0 Å². The number of benzene rings is 1. The standard InChI is InChI=1S/C14H20N2O/c1-2-12-7-3-4-8-13(12)16-10-6-5-9-15-11-14(16)17/h3-4,7-8,15H,2,5-6,9-11H2,1H3. The van der Waals surface area contributed by atoms with Crippen molar-refractivity contribution in [1.82, 2.24) is 5.32 Å². The fourth-order valence-electron chi connectivity index (χ4n) is 2.26. The minimum atomic E-state index is 0.186. The van der Waals surface area contributed by atoms with E-state index in [1.54, 1.807) is 0 Å². The summed E-state index contributed by atoms with van der Waals surface area (Å²) in [4.78, 5) is 14.0. The predicted molar refractivity (Wildman–Crippen MR) is 70.3 cm³/mol. The number of para-hydroxylation sites is 1. The summed E-state index contributed by atoms with van der Waals surface area (Å²) in [5.41, 5.74) is 2.34. The van der Waals surface area contributed by atoms with E-state index in [9.17, 15) is 4.79 Å². The number of carbonyl (C=O) groups is 1. The number of rotatable bonds is 2. The molecule has 3 heteroatoms. The highest BCUT2D eigenvalue weighted by molar-refractivity contribution is 5.95. The molecular formula is C14H20N2O. The second-order valence-corrected chi connectivity index (χ2v) is 4.41. The zero-order chi connectivity index (χ0) is 12.1. The second-order valence-electron chi connectivity index (χ2n) is 4.41. The summed E-state index contributed by atoms with van der Waals surface area (Å²) >= 11 is 0. The van der Waals surface area contributed by atoms with E-state index in [-0.39, 0.29) is 5.91 Å². The maximum absolute atomic E-state index is 12.1. The molecule has 17 heavy (non-hydrogen) atoms. The van der Waals surface area contributed by atoms with Crippen molar-refractivity contribution in [3.8, 4) is 0 Å². The highest BCUT2D eigenvalue weighted by atomic mass is 16.2. The molecule has 92 valence electrons. The van der Waals surface area contributed by atoms with Crippen molar-refractivity contribution in [3.63, 3.8) is 0 Å². The van der Waals surface area contributed by atoms with Crippen LogP contribution in [0.25, 0.3) is 0 Å². The molecule has 2 rings (SSSR count). The molecule has 1 aliphatic heterocycles. The average Bonchev–Trinajstić information content (AvgIpc) is 2.35. The summed E-state index contributed by atoms with van der Waals surface area (Å²) in [7, 11) is 0. The zero-order valence-electron chi connectivity index (χ0n) is 10.4. The van der Waals surface area contributed by atoms with Gasteiger partial charge in [-0.15, -0.1) is 0 Å². The van der Waals surface area contributed by atoms with Gasteiger partial charge in [0.25, 0.3) is 0 Å². The third-order valence-corrected chi connectivity index (χ3v) is 3.23. The Morgan fingerprint density at radius 2 is 2.12 bits per heavy atom. The van der Waals surface area contributed by atoms with E-state index in [2.05, 4.69) is 24.4 Å². The van der Waals surface area contributed by atoms with Crippen LogP contribution in [0.15, 0.2) is 24.3 Å². The predicted octanol–water partition coefficient (Wildman–Crippen LogP) is 1.97. The van der Waals surface area contributed by atoms with Crippen LogP contribution in [0.5, 0.6) is 0 Å². The molecule has 1 aromatic carbocycles. The van der Waals surface area contributed by atoms with E-state index >= 15 is 0 Å². The minimum Gasteiger partial charge on any atom is -0.311 e. The van der Waals surface area contributed by atoms with Gasteiger partial charge in [0.2, 0.25) is 5.91 Å². The van der Waals surface area contributed by atoms with E-state index in [0.717, 1.165) is 38.0 Å². The molecule has 0 aliphatic carbocycles. The number of hydrogen-bond donors (Lipinski definition) is 1. The highest BCUT2D eigenvalue weighted by Gasteiger charge is 2.18. The van der Waals surface area contributed by atoms with Crippen LogP contribution >= 0.6 is 0 Å². The largest absolute Gasteiger partial charge is 0.311 e. The Bertz CT molecular complexity index is 390. The minimum absolute atomic E-state index is 0.186. The highest BCUT2D eigenvalue weighted by Crippen LogP contribution is 2.22. The van der Waals surface area contributed by atoms with Crippen molar-refractivity contribution < 1.29 is 4.79 Å². The second kappa shape index (κ2) is 5.82. The van der Waals surface area contributed by atoms with Crippen LogP contribution in [0.3, 0.4) is 0 Å². The van der Waals surface area contributed by atoms with Crippen molar-refractivity contribution in [1.29, 1.82) is 0 Å². The van der Waals surface area contributed by atoms with Gasteiger partial charge in [-0.25, -0.2) is 0 Å². The molecule has 0 spiro atoms. The number of amides is 1. The molecular weight excluding hydrogens is 212 g/mol. The molecule has 1 saturated heterocycles. The maximum Gasteiger partial charge on any atom is 0.240 e. The molecule has 1 amide bonds. The van der Waals surface area contributed by atoms with Gasteiger partial charge >= 0.3 is 0 Å². The topological polar surface area (TPSA) is 32.3 Å². The molecule has 1 heterocycles. The number of hydrogen-bond acceptors (Lipinski definition) is 2. The normalized spacial score (nSPS) is 17.7. The van der Waals surface area contributed by atoms with E-state index in [1.165, 1.54) is 5.56 Å². The SMILES string of the molecule is CCc1ccccc1N1CCCCNCC1=O. The van der Waals surface area contributed by atoms with Crippen LogP contribution in [-0.4, -0.2) is 25.5 Å². The van der Waals surface area contributed by atoms with E-state index in [4.69, 9.17) is 0 Å². The Morgan fingerprint density at radius 3 is 2.94 bits per heavy atom. The van der Waals surface area contributed by atoms with Gasteiger partial charge in [-0.3, -0.25) is 4.79 Å². The van der Waals surface area contributed by atoms with Gasteiger partial charge in [-0.1, -0.05) is 25.1 Å². The van der Waals surface area contributed by atoms with Crippen molar-refractivity contribution in [2.75, 3.05) is 24.5 Å². The molecule has 1 N–H and O–H groups in total. The van der Waals surface area contributed by atoms with Crippen LogP contribution in [0.4, 0.5) is 5.69 Å². The number of anilines is 1.